The van der Waals surface area contributed by atoms with E-state index in [-0.39, 0.29) is 5.54 Å². The summed E-state index contributed by atoms with van der Waals surface area (Å²) in [4.78, 5) is 0. The lowest BCUT2D eigenvalue weighted by atomic mass is 9.82. The Balaban J connectivity index is 2.09. The van der Waals surface area contributed by atoms with Crippen LogP contribution in [0.3, 0.4) is 0 Å². The average molecular weight is 273 g/mol. The molecule has 1 aliphatic rings. The van der Waals surface area contributed by atoms with Crippen molar-refractivity contribution in [2.24, 2.45) is 17.6 Å². The molecule has 1 saturated carbocycles. The molecule has 1 nitrogen and oxygen atoms in total. The highest BCUT2D eigenvalue weighted by atomic mass is 14.7. The third kappa shape index (κ3) is 3.85. The SMILES string of the molecule is Cc1ccc(C)c(CC2(N)CCCC(C(C)C)CC2)c1. The molecule has 0 saturated heterocycles. The van der Waals surface area contributed by atoms with Gasteiger partial charge in [0.15, 0.2) is 0 Å². The van der Waals surface area contributed by atoms with Crippen molar-refractivity contribution in [3.8, 4) is 0 Å². The van der Waals surface area contributed by atoms with Gasteiger partial charge in [-0.05, 0) is 62.5 Å². The lowest BCUT2D eigenvalue weighted by molar-refractivity contribution is 0.321. The Hall–Kier alpha value is -0.820. The molecule has 0 aromatic heterocycles. The summed E-state index contributed by atoms with van der Waals surface area (Å²) >= 11 is 0. The largest absolute Gasteiger partial charge is 0.325 e. The van der Waals surface area contributed by atoms with Gasteiger partial charge >= 0.3 is 0 Å². The fourth-order valence-corrected chi connectivity index (χ4v) is 3.67. The van der Waals surface area contributed by atoms with Gasteiger partial charge in [0.05, 0.1) is 0 Å². The van der Waals surface area contributed by atoms with Gasteiger partial charge in [0.25, 0.3) is 0 Å². The van der Waals surface area contributed by atoms with Gasteiger partial charge in [-0.1, -0.05) is 50.5 Å². The molecule has 2 rings (SSSR count). The van der Waals surface area contributed by atoms with Crippen LogP contribution in [0.1, 0.15) is 62.6 Å². The molecule has 0 radical (unpaired) electrons. The zero-order valence-corrected chi connectivity index (χ0v) is 13.7. The number of aryl methyl sites for hydroxylation is 2. The predicted molar refractivity (Wildman–Crippen MR) is 88.0 cm³/mol. The molecule has 0 aliphatic heterocycles. The van der Waals surface area contributed by atoms with Crippen molar-refractivity contribution in [2.45, 2.75) is 71.8 Å². The van der Waals surface area contributed by atoms with Crippen molar-refractivity contribution >= 4 is 0 Å². The Morgan fingerprint density at radius 3 is 2.65 bits per heavy atom. The van der Waals surface area contributed by atoms with Crippen molar-refractivity contribution in [3.63, 3.8) is 0 Å². The van der Waals surface area contributed by atoms with Gasteiger partial charge < -0.3 is 5.73 Å². The van der Waals surface area contributed by atoms with E-state index >= 15 is 0 Å². The second kappa shape index (κ2) is 6.30. The second-order valence-corrected chi connectivity index (χ2v) is 7.40. The fourth-order valence-electron chi connectivity index (χ4n) is 3.67. The smallest absolute Gasteiger partial charge is 0.0195 e. The maximum Gasteiger partial charge on any atom is 0.0195 e. The van der Waals surface area contributed by atoms with Crippen LogP contribution in [0, 0.1) is 25.7 Å². The zero-order valence-electron chi connectivity index (χ0n) is 13.7. The van der Waals surface area contributed by atoms with E-state index in [1.165, 1.54) is 48.8 Å². The van der Waals surface area contributed by atoms with E-state index in [4.69, 9.17) is 5.73 Å². The Morgan fingerprint density at radius 1 is 1.20 bits per heavy atom. The number of rotatable bonds is 3. The second-order valence-electron chi connectivity index (χ2n) is 7.40. The Bertz CT molecular complexity index is 449. The summed E-state index contributed by atoms with van der Waals surface area (Å²) in [5.74, 6) is 1.68. The summed E-state index contributed by atoms with van der Waals surface area (Å²) in [6.45, 7) is 9.11. The highest BCUT2D eigenvalue weighted by molar-refractivity contribution is 5.32. The summed E-state index contributed by atoms with van der Waals surface area (Å²) < 4.78 is 0. The van der Waals surface area contributed by atoms with Gasteiger partial charge in [-0.2, -0.15) is 0 Å². The van der Waals surface area contributed by atoms with Crippen LogP contribution in [0.2, 0.25) is 0 Å². The van der Waals surface area contributed by atoms with Crippen LogP contribution < -0.4 is 5.73 Å². The lowest BCUT2D eigenvalue weighted by Gasteiger charge is -2.29. The van der Waals surface area contributed by atoms with E-state index in [9.17, 15) is 0 Å². The molecule has 112 valence electrons. The first-order valence-corrected chi connectivity index (χ1v) is 8.25. The molecule has 2 atom stereocenters. The number of hydrogen-bond donors (Lipinski definition) is 1. The molecule has 0 bridgehead atoms. The van der Waals surface area contributed by atoms with Crippen molar-refractivity contribution < 1.29 is 0 Å². The molecule has 0 amide bonds. The summed E-state index contributed by atoms with van der Waals surface area (Å²) in [6, 6.07) is 6.76. The number of benzene rings is 1. The molecule has 20 heavy (non-hydrogen) atoms. The van der Waals surface area contributed by atoms with Crippen molar-refractivity contribution in [2.75, 3.05) is 0 Å². The fraction of sp³-hybridized carbons (Fsp3) is 0.684. The third-order valence-corrected chi connectivity index (χ3v) is 5.25. The highest BCUT2D eigenvalue weighted by Gasteiger charge is 2.30. The predicted octanol–water partition coefficient (Wildman–Crippen LogP) is 4.78. The number of hydrogen-bond acceptors (Lipinski definition) is 1. The molecule has 2 N–H and O–H groups in total. The van der Waals surface area contributed by atoms with Crippen LogP contribution in [0.4, 0.5) is 0 Å². The maximum atomic E-state index is 6.77. The molecular formula is C19H31N. The van der Waals surface area contributed by atoms with Crippen molar-refractivity contribution in [1.82, 2.24) is 0 Å². The van der Waals surface area contributed by atoms with E-state index in [0.29, 0.717) is 0 Å². The molecule has 1 aromatic rings. The number of nitrogens with two attached hydrogens (primary N) is 1. The quantitative estimate of drug-likeness (QED) is 0.788. The molecule has 0 heterocycles. The highest BCUT2D eigenvalue weighted by Crippen LogP contribution is 2.35. The van der Waals surface area contributed by atoms with Crippen LogP contribution in [-0.4, -0.2) is 5.54 Å². The Labute approximate surface area is 125 Å². The third-order valence-electron chi connectivity index (χ3n) is 5.25. The molecule has 2 unspecified atom stereocenters. The van der Waals surface area contributed by atoms with Gasteiger partial charge in [0.2, 0.25) is 0 Å². The van der Waals surface area contributed by atoms with Crippen LogP contribution in [0.15, 0.2) is 18.2 Å². The summed E-state index contributed by atoms with van der Waals surface area (Å²) in [7, 11) is 0. The van der Waals surface area contributed by atoms with Crippen LogP contribution >= 0.6 is 0 Å². The van der Waals surface area contributed by atoms with Crippen molar-refractivity contribution in [1.29, 1.82) is 0 Å². The van der Waals surface area contributed by atoms with E-state index in [1.807, 2.05) is 0 Å². The first-order valence-electron chi connectivity index (χ1n) is 8.25. The topological polar surface area (TPSA) is 26.0 Å². The van der Waals surface area contributed by atoms with Crippen LogP contribution in [0.25, 0.3) is 0 Å². The molecule has 1 fully saturated rings. The monoisotopic (exact) mass is 273 g/mol. The van der Waals surface area contributed by atoms with E-state index in [2.05, 4.69) is 45.9 Å². The van der Waals surface area contributed by atoms with Gasteiger partial charge in [0, 0.05) is 5.54 Å². The van der Waals surface area contributed by atoms with Crippen LogP contribution in [-0.2, 0) is 6.42 Å². The summed E-state index contributed by atoms with van der Waals surface area (Å²) in [5, 5.41) is 0. The Morgan fingerprint density at radius 2 is 1.95 bits per heavy atom. The minimum atomic E-state index is 0.0161. The molecular weight excluding hydrogens is 242 g/mol. The molecule has 1 aromatic carbocycles. The lowest BCUT2D eigenvalue weighted by Crippen LogP contribution is -2.41. The van der Waals surface area contributed by atoms with Crippen LogP contribution in [0.5, 0.6) is 0 Å². The van der Waals surface area contributed by atoms with E-state index in [1.54, 1.807) is 0 Å². The van der Waals surface area contributed by atoms with Crippen molar-refractivity contribution in [3.05, 3.63) is 34.9 Å². The maximum absolute atomic E-state index is 6.77. The first-order chi connectivity index (χ1) is 9.39. The molecule has 0 spiro atoms. The standard InChI is InChI=1S/C19H31N/c1-14(2)17-6-5-10-19(20,11-9-17)13-18-12-15(3)7-8-16(18)4/h7-8,12,14,17H,5-6,9-11,13,20H2,1-4H3. The zero-order chi connectivity index (χ0) is 14.8. The minimum Gasteiger partial charge on any atom is -0.325 e. The van der Waals surface area contributed by atoms with Gasteiger partial charge in [-0.15, -0.1) is 0 Å². The summed E-state index contributed by atoms with van der Waals surface area (Å²) in [5.41, 5.74) is 11.0. The normalized spacial score (nSPS) is 27.6. The first kappa shape index (κ1) is 15.6. The van der Waals surface area contributed by atoms with Gasteiger partial charge in [-0.3, -0.25) is 0 Å². The van der Waals surface area contributed by atoms with E-state index in [0.717, 1.165) is 18.3 Å². The molecule has 1 aliphatic carbocycles. The van der Waals surface area contributed by atoms with E-state index < -0.39 is 0 Å². The summed E-state index contributed by atoms with van der Waals surface area (Å²) in [6.07, 6.45) is 7.38. The Kier molecular flexibility index (Phi) is 4.90. The molecule has 1 heteroatoms. The average Bonchev–Trinajstić information content (AvgIpc) is 2.56. The van der Waals surface area contributed by atoms with Gasteiger partial charge in [-0.25, -0.2) is 0 Å². The van der Waals surface area contributed by atoms with Gasteiger partial charge in [0.1, 0.15) is 0 Å². The minimum absolute atomic E-state index is 0.0161.